The third-order valence-electron chi connectivity index (χ3n) is 2.61. The van der Waals surface area contributed by atoms with Gasteiger partial charge in [0, 0.05) is 25.7 Å². The van der Waals surface area contributed by atoms with Gasteiger partial charge in [-0.1, -0.05) is 13.8 Å². The molecule has 0 amide bonds. The molecule has 0 aliphatic carbocycles. The molecule has 0 radical (unpaired) electrons. The Balaban J connectivity index is 3.73. The average molecular weight is 201 g/mol. The molecule has 0 bridgehead atoms. The van der Waals surface area contributed by atoms with Crippen molar-refractivity contribution in [3.05, 3.63) is 0 Å². The molecular weight excluding hydrogens is 174 g/mol. The lowest BCUT2D eigenvalue weighted by Crippen LogP contribution is -2.42. The summed E-state index contributed by atoms with van der Waals surface area (Å²) in [6.07, 6.45) is 0. The van der Waals surface area contributed by atoms with Crippen LogP contribution in [0.2, 0.25) is 0 Å². The summed E-state index contributed by atoms with van der Waals surface area (Å²) in [4.78, 5) is 4.61. The van der Waals surface area contributed by atoms with Crippen LogP contribution in [0.5, 0.6) is 0 Å². The van der Waals surface area contributed by atoms with Crippen LogP contribution in [0.15, 0.2) is 0 Å². The predicted molar refractivity (Wildman–Crippen MR) is 63.7 cm³/mol. The van der Waals surface area contributed by atoms with Crippen LogP contribution >= 0.6 is 0 Å². The van der Waals surface area contributed by atoms with Crippen molar-refractivity contribution in [2.75, 3.05) is 47.8 Å². The lowest BCUT2D eigenvalue weighted by atomic mass is 10.0. The van der Waals surface area contributed by atoms with E-state index in [1.807, 2.05) is 7.05 Å². The van der Waals surface area contributed by atoms with E-state index in [2.05, 4.69) is 50.1 Å². The Hall–Kier alpha value is -0.120. The van der Waals surface area contributed by atoms with Gasteiger partial charge < -0.3 is 15.1 Å². The second-order valence-corrected chi connectivity index (χ2v) is 4.70. The SMILES string of the molecule is CNC(CN(C)CCN(C)C)C(C)C. The molecule has 0 aliphatic rings. The van der Waals surface area contributed by atoms with Gasteiger partial charge in [0.2, 0.25) is 0 Å². The fourth-order valence-corrected chi connectivity index (χ4v) is 1.43. The van der Waals surface area contributed by atoms with Gasteiger partial charge in [0.15, 0.2) is 0 Å². The molecular formula is C11H27N3. The fourth-order valence-electron chi connectivity index (χ4n) is 1.43. The standard InChI is InChI=1S/C11H27N3/c1-10(2)11(12-3)9-14(6)8-7-13(4)5/h10-12H,7-9H2,1-6H3. The first-order valence-corrected chi connectivity index (χ1v) is 5.48. The summed E-state index contributed by atoms with van der Waals surface area (Å²) in [5, 5.41) is 3.36. The lowest BCUT2D eigenvalue weighted by Gasteiger charge is -2.27. The van der Waals surface area contributed by atoms with Crippen LogP contribution in [-0.2, 0) is 0 Å². The molecule has 1 atom stereocenters. The van der Waals surface area contributed by atoms with E-state index in [0.29, 0.717) is 12.0 Å². The third-order valence-corrected chi connectivity index (χ3v) is 2.61. The smallest absolute Gasteiger partial charge is 0.0214 e. The number of rotatable bonds is 7. The molecule has 0 aliphatic heterocycles. The highest BCUT2D eigenvalue weighted by Gasteiger charge is 2.12. The van der Waals surface area contributed by atoms with E-state index < -0.39 is 0 Å². The fraction of sp³-hybridized carbons (Fsp3) is 1.00. The molecule has 0 aromatic heterocycles. The molecule has 86 valence electrons. The number of nitrogens with one attached hydrogen (secondary N) is 1. The highest BCUT2D eigenvalue weighted by atomic mass is 15.2. The number of likely N-dealkylation sites (N-methyl/N-ethyl adjacent to an activating group) is 3. The highest BCUT2D eigenvalue weighted by molar-refractivity contribution is 4.72. The van der Waals surface area contributed by atoms with Crippen molar-refractivity contribution in [2.45, 2.75) is 19.9 Å². The molecule has 14 heavy (non-hydrogen) atoms. The molecule has 0 saturated carbocycles. The normalized spacial score (nSPS) is 14.4. The van der Waals surface area contributed by atoms with Crippen LogP contribution in [0, 0.1) is 5.92 Å². The van der Waals surface area contributed by atoms with E-state index in [4.69, 9.17) is 0 Å². The molecule has 0 fully saturated rings. The van der Waals surface area contributed by atoms with Crippen LogP contribution in [0.4, 0.5) is 0 Å². The van der Waals surface area contributed by atoms with Crippen LogP contribution in [0.3, 0.4) is 0 Å². The van der Waals surface area contributed by atoms with Crippen molar-refractivity contribution in [2.24, 2.45) is 5.92 Å². The molecule has 3 heteroatoms. The van der Waals surface area contributed by atoms with Crippen molar-refractivity contribution in [3.63, 3.8) is 0 Å². The zero-order valence-corrected chi connectivity index (χ0v) is 10.7. The van der Waals surface area contributed by atoms with E-state index in [1.54, 1.807) is 0 Å². The molecule has 0 spiro atoms. The first-order valence-electron chi connectivity index (χ1n) is 5.48. The second kappa shape index (κ2) is 7.21. The largest absolute Gasteiger partial charge is 0.315 e. The minimum atomic E-state index is 0.599. The quantitative estimate of drug-likeness (QED) is 0.655. The number of hydrogen-bond donors (Lipinski definition) is 1. The summed E-state index contributed by atoms with van der Waals surface area (Å²) in [5.74, 6) is 0.696. The Morgan fingerprint density at radius 2 is 1.64 bits per heavy atom. The van der Waals surface area contributed by atoms with E-state index in [9.17, 15) is 0 Å². The summed E-state index contributed by atoms with van der Waals surface area (Å²) in [6, 6.07) is 0.599. The molecule has 1 N–H and O–H groups in total. The Morgan fingerprint density at radius 1 is 1.07 bits per heavy atom. The molecule has 3 nitrogen and oxygen atoms in total. The van der Waals surface area contributed by atoms with Crippen molar-refractivity contribution in [1.29, 1.82) is 0 Å². The van der Waals surface area contributed by atoms with E-state index in [0.717, 1.165) is 19.6 Å². The van der Waals surface area contributed by atoms with E-state index in [1.165, 1.54) is 0 Å². The summed E-state index contributed by atoms with van der Waals surface area (Å²) < 4.78 is 0. The predicted octanol–water partition coefficient (Wildman–Crippen LogP) is 0.724. The van der Waals surface area contributed by atoms with Gasteiger partial charge in [0.25, 0.3) is 0 Å². The van der Waals surface area contributed by atoms with Gasteiger partial charge in [-0.05, 0) is 34.1 Å². The summed E-state index contributed by atoms with van der Waals surface area (Å²) in [7, 11) is 8.47. The first kappa shape index (κ1) is 13.9. The highest BCUT2D eigenvalue weighted by Crippen LogP contribution is 2.02. The maximum Gasteiger partial charge on any atom is 0.0214 e. The van der Waals surface area contributed by atoms with Gasteiger partial charge >= 0.3 is 0 Å². The number of nitrogens with zero attached hydrogens (tertiary/aromatic N) is 2. The average Bonchev–Trinajstić information content (AvgIpc) is 2.10. The van der Waals surface area contributed by atoms with Gasteiger partial charge in [-0.2, -0.15) is 0 Å². The maximum atomic E-state index is 3.36. The summed E-state index contributed by atoms with van der Waals surface area (Å²) in [5.41, 5.74) is 0. The zero-order valence-electron chi connectivity index (χ0n) is 10.7. The van der Waals surface area contributed by atoms with Crippen LogP contribution in [0.25, 0.3) is 0 Å². The number of hydrogen-bond acceptors (Lipinski definition) is 3. The first-order chi connectivity index (χ1) is 6.47. The molecule has 0 heterocycles. The van der Waals surface area contributed by atoms with Crippen LogP contribution in [-0.4, -0.2) is 63.7 Å². The molecule has 0 aromatic carbocycles. The summed E-state index contributed by atoms with van der Waals surface area (Å²) in [6.45, 7) is 7.92. The Kier molecular flexibility index (Phi) is 7.15. The molecule has 0 aromatic rings. The zero-order chi connectivity index (χ0) is 11.1. The Labute approximate surface area is 89.5 Å². The van der Waals surface area contributed by atoms with Crippen molar-refractivity contribution in [3.8, 4) is 0 Å². The van der Waals surface area contributed by atoms with E-state index in [-0.39, 0.29) is 0 Å². The Morgan fingerprint density at radius 3 is 2.00 bits per heavy atom. The minimum absolute atomic E-state index is 0.599. The third kappa shape index (κ3) is 6.35. The van der Waals surface area contributed by atoms with Crippen molar-refractivity contribution < 1.29 is 0 Å². The van der Waals surface area contributed by atoms with Gasteiger partial charge in [0.1, 0.15) is 0 Å². The lowest BCUT2D eigenvalue weighted by molar-refractivity contribution is 0.238. The molecule has 0 saturated heterocycles. The van der Waals surface area contributed by atoms with E-state index >= 15 is 0 Å². The Bertz CT molecular complexity index is 134. The van der Waals surface area contributed by atoms with Crippen molar-refractivity contribution >= 4 is 0 Å². The van der Waals surface area contributed by atoms with Crippen molar-refractivity contribution in [1.82, 2.24) is 15.1 Å². The maximum absolute atomic E-state index is 3.36. The van der Waals surface area contributed by atoms with Gasteiger partial charge in [-0.3, -0.25) is 0 Å². The van der Waals surface area contributed by atoms with Gasteiger partial charge in [-0.15, -0.1) is 0 Å². The monoisotopic (exact) mass is 201 g/mol. The molecule has 1 unspecified atom stereocenters. The van der Waals surface area contributed by atoms with Crippen LogP contribution in [0.1, 0.15) is 13.8 Å². The second-order valence-electron chi connectivity index (χ2n) is 4.70. The van der Waals surface area contributed by atoms with Gasteiger partial charge in [-0.25, -0.2) is 0 Å². The van der Waals surface area contributed by atoms with Crippen LogP contribution < -0.4 is 5.32 Å². The van der Waals surface area contributed by atoms with Gasteiger partial charge in [0.05, 0.1) is 0 Å². The molecule has 0 rings (SSSR count). The topological polar surface area (TPSA) is 18.5 Å². The minimum Gasteiger partial charge on any atom is -0.315 e. The summed E-state index contributed by atoms with van der Waals surface area (Å²) >= 11 is 0.